The molecule has 2 aromatic rings. The molecule has 1 aromatic heterocycles. The van der Waals surface area contributed by atoms with E-state index in [1.807, 2.05) is 36.4 Å². The average Bonchev–Trinajstić information content (AvgIpc) is 2.88. The summed E-state index contributed by atoms with van der Waals surface area (Å²) in [5.74, 6) is 0.904. The monoisotopic (exact) mass is 256 g/mol. The van der Waals surface area contributed by atoms with Gasteiger partial charge < -0.3 is 9.84 Å². The van der Waals surface area contributed by atoms with Crippen molar-refractivity contribution in [2.45, 2.75) is 6.42 Å². The van der Waals surface area contributed by atoms with Crippen molar-refractivity contribution in [2.24, 2.45) is 0 Å². The number of nitrogens with one attached hydrogen (secondary N) is 2. The van der Waals surface area contributed by atoms with Crippen molar-refractivity contribution in [1.82, 2.24) is 10.5 Å². The number of carbonyl (C=O) groups excluding carboxylic acids is 1. The van der Waals surface area contributed by atoms with Crippen LogP contribution in [-0.4, -0.2) is 17.7 Å². The first-order valence-corrected chi connectivity index (χ1v) is 5.73. The van der Waals surface area contributed by atoms with E-state index in [-0.39, 0.29) is 6.42 Å². The van der Waals surface area contributed by atoms with Gasteiger partial charge in [0.05, 0.1) is 12.5 Å². The molecular formula is C13H12N4O2. The minimum Gasteiger partial charge on any atom is -0.354 e. The van der Waals surface area contributed by atoms with Crippen LogP contribution in [0.3, 0.4) is 0 Å². The van der Waals surface area contributed by atoms with Crippen molar-refractivity contribution in [3.63, 3.8) is 0 Å². The molecule has 0 unspecified atom stereocenters. The Kier molecular flexibility index (Phi) is 4.13. The van der Waals surface area contributed by atoms with Gasteiger partial charge in [-0.3, -0.25) is 5.32 Å². The summed E-state index contributed by atoms with van der Waals surface area (Å²) in [5, 5.41) is 17.2. The molecule has 0 spiro atoms. The molecule has 6 heteroatoms. The van der Waals surface area contributed by atoms with Crippen LogP contribution in [0.15, 0.2) is 40.9 Å². The lowest BCUT2D eigenvalue weighted by Gasteiger charge is -2.01. The third-order valence-corrected chi connectivity index (χ3v) is 2.33. The van der Waals surface area contributed by atoms with Gasteiger partial charge in [0.25, 0.3) is 0 Å². The van der Waals surface area contributed by atoms with Crippen LogP contribution in [0.25, 0.3) is 11.3 Å². The van der Waals surface area contributed by atoms with Crippen LogP contribution in [0.4, 0.5) is 10.6 Å². The number of anilines is 1. The number of urea groups is 1. The van der Waals surface area contributed by atoms with E-state index in [0.29, 0.717) is 18.1 Å². The predicted molar refractivity (Wildman–Crippen MR) is 69.2 cm³/mol. The molecule has 1 heterocycles. The molecule has 2 rings (SSSR count). The molecular weight excluding hydrogens is 244 g/mol. The summed E-state index contributed by atoms with van der Waals surface area (Å²) in [6.07, 6.45) is 0.265. The Hall–Kier alpha value is -2.81. The van der Waals surface area contributed by atoms with Gasteiger partial charge in [-0.15, -0.1) is 0 Å². The van der Waals surface area contributed by atoms with Crippen LogP contribution in [0.5, 0.6) is 0 Å². The number of hydrogen-bond donors (Lipinski definition) is 2. The normalized spacial score (nSPS) is 9.63. The molecule has 2 N–H and O–H groups in total. The van der Waals surface area contributed by atoms with Crippen LogP contribution in [0.1, 0.15) is 6.42 Å². The van der Waals surface area contributed by atoms with Gasteiger partial charge >= 0.3 is 6.03 Å². The standard InChI is InChI=1S/C13H12N4O2/c14-7-4-8-15-13(18)16-12-9-11(19-17-12)10-5-2-1-3-6-10/h1-3,5-6,9H,4,8H2,(H2,15,16,17,18). The minimum atomic E-state index is -0.414. The van der Waals surface area contributed by atoms with E-state index in [9.17, 15) is 4.79 Å². The fraction of sp³-hybridized carbons (Fsp3) is 0.154. The number of nitrogens with zero attached hydrogens (tertiary/aromatic N) is 2. The van der Waals surface area contributed by atoms with Gasteiger partial charge in [-0.1, -0.05) is 35.5 Å². The SMILES string of the molecule is N#CCCNC(=O)Nc1cc(-c2ccccc2)on1. The molecule has 19 heavy (non-hydrogen) atoms. The zero-order valence-corrected chi connectivity index (χ0v) is 10.1. The molecule has 0 aliphatic rings. The third-order valence-electron chi connectivity index (χ3n) is 2.33. The molecule has 0 saturated heterocycles. The highest BCUT2D eigenvalue weighted by atomic mass is 16.5. The van der Waals surface area contributed by atoms with E-state index < -0.39 is 6.03 Å². The Morgan fingerprint density at radius 1 is 1.37 bits per heavy atom. The van der Waals surface area contributed by atoms with Gasteiger partial charge in [0, 0.05) is 18.2 Å². The van der Waals surface area contributed by atoms with Crippen molar-refractivity contribution >= 4 is 11.8 Å². The number of aromatic nitrogens is 1. The lowest BCUT2D eigenvalue weighted by atomic mass is 10.2. The lowest BCUT2D eigenvalue weighted by molar-refractivity contribution is 0.252. The Morgan fingerprint density at radius 2 is 2.16 bits per heavy atom. The van der Waals surface area contributed by atoms with E-state index in [1.54, 1.807) is 6.07 Å². The Morgan fingerprint density at radius 3 is 2.89 bits per heavy atom. The first kappa shape index (κ1) is 12.6. The molecule has 0 fully saturated rings. The number of hydrogen-bond acceptors (Lipinski definition) is 4. The Labute approximate surface area is 110 Å². The van der Waals surface area contributed by atoms with Crippen molar-refractivity contribution in [3.8, 4) is 17.4 Å². The molecule has 0 radical (unpaired) electrons. The van der Waals surface area contributed by atoms with Gasteiger partial charge in [-0.05, 0) is 0 Å². The largest absolute Gasteiger partial charge is 0.354 e. The molecule has 6 nitrogen and oxygen atoms in total. The van der Waals surface area contributed by atoms with E-state index in [4.69, 9.17) is 9.78 Å². The maximum atomic E-state index is 11.4. The number of amides is 2. The molecule has 96 valence electrons. The van der Waals surface area contributed by atoms with Crippen molar-refractivity contribution in [1.29, 1.82) is 5.26 Å². The Bertz CT molecular complexity index is 586. The summed E-state index contributed by atoms with van der Waals surface area (Å²) in [4.78, 5) is 11.4. The second-order valence-electron chi connectivity index (χ2n) is 3.73. The minimum absolute atomic E-state index is 0.265. The predicted octanol–water partition coefficient (Wildman–Crippen LogP) is 2.38. The molecule has 0 aliphatic carbocycles. The smallest absolute Gasteiger partial charge is 0.320 e. The maximum absolute atomic E-state index is 11.4. The van der Waals surface area contributed by atoms with Gasteiger partial charge in [0.1, 0.15) is 0 Å². The average molecular weight is 256 g/mol. The second-order valence-corrected chi connectivity index (χ2v) is 3.73. The Balaban J connectivity index is 1.95. The second kappa shape index (κ2) is 6.21. The summed E-state index contributed by atoms with van der Waals surface area (Å²) in [7, 11) is 0. The van der Waals surface area contributed by atoms with Crippen molar-refractivity contribution in [3.05, 3.63) is 36.4 Å². The topological polar surface area (TPSA) is 91.0 Å². The molecule has 0 atom stereocenters. The number of rotatable bonds is 4. The maximum Gasteiger partial charge on any atom is 0.320 e. The van der Waals surface area contributed by atoms with Crippen LogP contribution in [0, 0.1) is 11.3 Å². The highest BCUT2D eigenvalue weighted by Crippen LogP contribution is 2.21. The molecule has 0 aliphatic heterocycles. The molecule has 0 saturated carbocycles. The fourth-order valence-corrected chi connectivity index (χ4v) is 1.47. The summed E-state index contributed by atoms with van der Waals surface area (Å²) in [6, 6.07) is 12.6. The van der Waals surface area contributed by atoms with Crippen LogP contribution in [0.2, 0.25) is 0 Å². The van der Waals surface area contributed by atoms with Gasteiger partial charge in [-0.25, -0.2) is 4.79 Å². The zero-order valence-electron chi connectivity index (χ0n) is 10.1. The summed E-state index contributed by atoms with van der Waals surface area (Å²) in [5.41, 5.74) is 0.882. The van der Waals surface area contributed by atoms with E-state index in [2.05, 4.69) is 15.8 Å². The number of carbonyl (C=O) groups is 1. The third kappa shape index (κ3) is 3.57. The lowest BCUT2D eigenvalue weighted by Crippen LogP contribution is -2.29. The van der Waals surface area contributed by atoms with E-state index in [0.717, 1.165) is 5.56 Å². The summed E-state index contributed by atoms with van der Waals surface area (Å²) in [6.45, 7) is 0.297. The molecule has 0 bridgehead atoms. The fourth-order valence-electron chi connectivity index (χ4n) is 1.47. The van der Waals surface area contributed by atoms with Gasteiger partial charge in [0.15, 0.2) is 11.6 Å². The highest BCUT2D eigenvalue weighted by Gasteiger charge is 2.08. The zero-order chi connectivity index (χ0) is 13.5. The van der Waals surface area contributed by atoms with Crippen LogP contribution in [-0.2, 0) is 0 Å². The van der Waals surface area contributed by atoms with Gasteiger partial charge in [0.2, 0.25) is 0 Å². The molecule has 2 amide bonds. The molecule has 1 aromatic carbocycles. The first-order chi connectivity index (χ1) is 9.29. The van der Waals surface area contributed by atoms with Crippen LogP contribution >= 0.6 is 0 Å². The van der Waals surface area contributed by atoms with E-state index in [1.165, 1.54) is 0 Å². The van der Waals surface area contributed by atoms with E-state index >= 15 is 0 Å². The quantitative estimate of drug-likeness (QED) is 0.821. The highest BCUT2D eigenvalue weighted by molar-refractivity contribution is 5.88. The number of nitriles is 1. The van der Waals surface area contributed by atoms with Crippen molar-refractivity contribution < 1.29 is 9.32 Å². The van der Waals surface area contributed by atoms with Gasteiger partial charge in [-0.2, -0.15) is 5.26 Å². The number of benzene rings is 1. The first-order valence-electron chi connectivity index (χ1n) is 5.73. The van der Waals surface area contributed by atoms with Crippen molar-refractivity contribution in [2.75, 3.05) is 11.9 Å². The summed E-state index contributed by atoms with van der Waals surface area (Å²) >= 11 is 0. The van der Waals surface area contributed by atoms with Crippen LogP contribution < -0.4 is 10.6 Å². The summed E-state index contributed by atoms with van der Waals surface area (Å²) < 4.78 is 5.13.